The largest absolute Gasteiger partial charge is 0.478 e. The molecule has 2 atom stereocenters. The average molecular weight is 660 g/mol. The van der Waals surface area contributed by atoms with Crippen molar-refractivity contribution in [1.82, 2.24) is 25.1 Å². The highest BCUT2D eigenvalue weighted by Gasteiger charge is 2.30. The molecule has 2 aromatic carbocycles. The van der Waals surface area contributed by atoms with Crippen molar-refractivity contribution in [1.29, 1.82) is 0 Å². The zero-order chi connectivity index (χ0) is 33.7. The van der Waals surface area contributed by atoms with E-state index in [-0.39, 0.29) is 35.8 Å². The van der Waals surface area contributed by atoms with E-state index >= 15 is 0 Å². The van der Waals surface area contributed by atoms with Gasteiger partial charge >= 0.3 is 5.97 Å². The number of methoxy groups -OCH3 is 1. The number of amides is 2. The first-order valence-corrected chi connectivity index (χ1v) is 15.3. The maximum Gasteiger partial charge on any atom is 0.328 e. The van der Waals surface area contributed by atoms with Crippen LogP contribution in [0, 0.1) is 6.92 Å². The van der Waals surface area contributed by atoms with E-state index in [4.69, 9.17) is 21.1 Å². The Morgan fingerprint density at radius 1 is 1.13 bits per heavy atom. The summed E-state index contributed by atoms with van der Waals surface area (Å²) in [5, 5.41) is 13.0. The Labute approximate surface area is 275 Å². The Morgan fingerprint density at radius 3 is 2.60 bits per heavy atom. The maximum atomic E-state index is 13.0. The van der Waals surface area contributed by atoms with Gasteiger partial charge in [0.2, 0.25) is 5.91 Å². The minimum atomic E-state index is -0.795. The third-order valence-electron chi connectivity index (χ3n) is 7.82. The summed E-state index contributed by atoms with van der Waals surface area (Å²) >= 11 is 6.99. The Morgan fingerprint density at radius 2 is 1.87 bits per heavy atom. The summed E-state index contributed by atoms with van der Waals surface area (Å²) in [4.78, 5) is 59.0. The molecule has 244 valence electrons. The molecular weight excluding hydrogens is 626 g/mol. The molecule has 1 fully saturated rings. The summed E-state index contributed by atoms with van der Waals surface area (Å²) < 4.78 is 11.9. The van der Waals surface area contributed by atoms with Crippen molar-refractivity contribution >= 4 is 40.9 Å². The highest BCUT2D eigenvalue weighted by atomic mass is 35.5. The zero-order valence-corrected chi connectivity index (χ0v) is 27.1. The lowest BCUT2D eigenvalue weighted by molar-refractivity contribution is -0.144. The highest BCUT2D eigenvalue weighted by Crippen LogP contribution is 2.39. The van der Waals surface area contributed by atoms with Crippen LogP contribution in [0.2, 0.25) is 5.02 Å². The van der Waals surface area contributed by atoms with Gasteiger partial charge in [-0.15, -0.1) is 0 Å². The quantitative estimate of drug-likeness (QED) is 0.199. The second-order valence-corrected chi connectivity index (χ2v) is 11.3. The number of aryl methyl sites for hydroxylation is 1. The number of nitrogens with zero attached hydrogens (tertiary/aromatic N) is 4. The molecule has 14 heteroatoms. The second-order valence-electron chi connectivity index (χ2n) is 10.9. The summed E-state index contributed by atoms with van der Waals surface area (Å²) in [5.41, 5.74) is 3.14. The molecule has 3 heterocycles. The molecule has 0 saturated carbocycles. The number of halogens is 1. The molecule has 3 N–H and O–H groups in total. The van der Waals surface area contributed by atoms with Gasteiger partial charge in [-0.2, -0.15) is 5.10 Å². The van der Waals surface area contributed by atoms with Gasteiger partial charge in [-0.25, -0.2) is 19.4 Å². The van der Waals surface area contributed by atoms with Gasteiger partial charge in [-0.3, -0.25) is 14.4 Å². The van der Waals surface area contributed by atoms with Gasteiger partial charge in [0.25, 0.3) is 17.3 Å². The van der Waals surface area contributed by atoms with Gasteiger partial charge in [0.1, 0.15) is 11.6 Å². The first-order valence-electron chi connectivity index (χ1n) is 15.0. The second kappa shape index (κ2) is 14.4. The molecule has 0 aliphatic carbocycles. The van der Waals surface area contributed by atoms with Crippen molar-refractivity contribution in [3.8, 4) is 28.3 Å². The molecule has 13 nitrogen and oxygen atoms in total. The van der Waals surface area contributed by atoms with Crippen LogP contribution in [0.5, 0.6) is 5.88 Å². The van der Waals surface area contributed by atoms with Crippen LogP contribution in [-0.4, -0.2) is 63.3 Å². The van der Waals surface area contributed by atoms with Crippen molar-refractivity contribution in [2.45, 2.75) is 45.2 Å². The van der Waals surface area contributed by atoms with Gasteiger partial charge in [0.15, 0.2) is 5.82 Å². The van der Waals surface area contributed by atoms with E-state index in [1.807, 2.05) is 25.1 Å². The number of carbonyl (C=O) groups is 3. The number of hydrogen-bond acceptors (Lipinski definition) is 10. The fourth-order valence-corrected chi connectivity index (χ4v) is 5.70. The molecule has 0 spiro atoms. The normalized spacial score (nSPS) is 14.7. The zero-order valence-electron chi connectivity index (χ0n) is 26.3. The van der Waals surface area contributed by atoms with Crippen LogP contribution in [0.1, 0.15) is 42.1 Å². The monoisotopic (exact) mass is 659 g/mol. The molecule has 4 aromatic rings. The van der Waals surface area contributed by atoms with E-state index in [1.54, 1.807) is 25.1 Å². The van der Waals surface area contributed by atoms with Crippen molar-refractivity contribution in [3.05, 3.63) is 81.4 Å². The van der Waals surface area contributed by atoms with E-state index in [1.165, 1.54) is 32.6 Å². The van der Waals surface area contributed by atoms with Crippen molar-refractivity contribution in [2.75, 3.05) is 24.4 Å². The van der Waals surface area contributed by atoms with Gasteiger partial charge in [0.05, 0.1) is 30.6 Å². The Hall–Kier alpha value is -5.30. The third kappa shape index (κ3) is 7.25. The summed E-state index contributed by atoms with van der Waals surface area (Å²) in [6.45, 7) is 3.77. The smallest absolute Gasteiger partial charge is 0.328 e. The van der Waals surface area contributed by atoms with Gasteiger partial charge in [-0.05, 0) is 49.9 Å². The molecule has 0 bridgehead atoms. The average Bonchev–Trinajstić information content (AvgIpc) is 3.47. The van der Waals surface area contributed by atoms with E-state index in [9.17, 15) is 19.2 Å². The molecule has 5 rings (SSSR count). The molecule has 2 amide bonds. The minimum Gasteiger partial charge on any atom is -0.478 e. The topological polar surface area (TPSA) is 166 Å². The van der Waals surface area contributed by atoms with Crippen LogP contribution >= 0.6 is 11.6 Å². The predicted molar refractivity (Wildman–Crippen MR) is 176 cm³/mol. The third-order valence-corrected chi connectivity index (χ3v) is 8.23. The van der Waals surface area contributed by atoms with Gasteiger partial charge < -0.3 is 25.4 Å². The molecule has 47 heavy (non-hydrogen) atoms. The van der Waals surface area contributed by atoms with Crippen molar-refractivity contribution < 1.29 is 23.9 Å². The maximum absolute atomic E-state index is 13.0. The molecule has 1 saturated heterocycles. The van der Waals surface area contributed by atoms with Gasteiger partial charge in [0, 0.05) is 42.5 Å². The molecule has 1 unspecified atom stereocenters. The van der Waals surface area contributed by atoms with E-state index < -0.39 is 23.5 Å². The number of hydrogen-bond donors (Lipinski definition) is 3. The van der Waals surface area contributed by atoms with Crippen LogP contribution in [0.4, 0.5) is 11.5 Å². The van der Waals surface area contributed by atoms with Crippen LogP contribution in [0.25, 0.3) is 22.4 Å². The lowest BCUT2D eigenvalue weighted by Crippen LogP contribution is -2.38. The standard InChI is InChI=1S/C33H34ClN7O6/c1-5-47-33(45)25(16-19-12-13-27(42)37-19)38-29-31(46-4)40-26(17-35-29)22-10-6-9-21(28(22)34)20-8-7-11-24(18(20)2)39-30(43)23-14-15-36-41(3)32(23)44/h6-11,14-15,17,19,25H,5,12-13,16H2,1-4H3,(H,35,38)(H,37,42)(H,39,43)/t19-,25?/m0/s1. The highest BCUT2D eigenvalue weighted by molar-refractivity contribution is 6.36. The number of nitrogens with one attached hydrogen (secondary N) is 3. The lowest BCUT2D eigenvalue weighted by atomic mass is 9.96. The number of esters is 1. The number of ether oxygens (including phenoxy) is 2. The number of rotatable bonds is 11. The first-order chi connectivity index (χ1) is 22.6. The lowest BCUT2D eigenvalue weighted by Gasteiger charge is -2.22. The van der Waals surface area contributed by atoms with Crippen molar-refractivity contribution in [3.63, 3.8) is 0 Å². The summed E-state index contributed by atoms with van der Waals surface area (Å²) in [6, 6.07) is 11.3. The molecular formula is C33H34ClN7O6. The SMILES string of the molecule is CCOC(=O)C(C[C@@H]1CCC(=O)N1)Nc1ncc(-c2cccc(-c3cccc(NC(=O)c4ccnn(C)c4=O)c3C)c2Cl)nc1OC. The fraction of sp³-hybridized carbons (Fsp3) is 0.303. The Kier molecular flexibility index (Phi) is 10.1. The van der Waals surface area contributed by atoms with E-state index in [0.29, 0.717) is 46.8 Å². The summed E-state index contributed by atoms with van der Waals surface area (Å²) in [6.07, 6.45) is 4.24. The number of carbonyl (C=O) groups excluding carboxylic acids is 3. The van der Waals surface area contributed by atoms with Crippen LogP contribution in [-0.2, 0) is 21.4 Å². The van der Waals surface area contributed by atoms with Crippen LogP contribution < -0.4 is 26.2 Å². The number of aromatic nitrogens is 4. The molecule has 2 aromatic heterocycles. The van der Waals surface area contributed by atoms with Crippen LogP contribution in [0.15, 0.2) is 59.7 Å². The number of benzene rings is 2. The first kappa shape index (κ1) is 33.1. The van der Waals surface area contributed by atoms with Crippen LogP contribution in [0.3, 0.4) is 0 Å². The minimum absolute atomic E-state index is 0.0309. The van der Waals surface area contributed by atoms with E-state index in [2.05, 4.69) is 31.0 Å². The Balaban J connectivity index is 1.42. The Bertz CT molecular complexity index is 1900. The molecule has 1 aliphatic rings. The van der Waals surface area contributed by atoms with Gasteiger partial charge in [-0.1, -0.05) is 41.9 Å². The predicted octanol–water partition coefficient (Wildman–Crippen LogP) is 4.14. The molecule has 0 radical (unpaired) electrons. The summed E-state index contributed by atoms with van der Waals surface area (Å²) in [7, 11) is 2.92. The van der Waals surface area contributed by atoms with Crippen molar-refractivity contribution in [2.24, 2.45) is 7.05 Å². The summed E-state index contributed by atoms with van der Waals surface area (Å²) in [5.74, 6) is -0.718. The fourth-order valence-electron chi connectivity index (χ4n) is 5.37. The van der Waals surface area contributed by atoms with E-state index in [0.717, 1.165) is 15.8 Å². The number of anilines is 2. The molecule has 1 aliphatic heterocycles.